The van der Waals surface area contributed by atoms with Gasteiger partial charge in [-0.2, -0.15) is 0 Å². The molecule has 0 unspecified atom stereocenters. The molecular formula is C21H19FN2O4S. The van der Waals surface area contributed by atoms with Crippen LogP contribution >= 0.6 is 11.3 Å². The number of rotatable bonds is 6. The molecule has 4 rings (SSSR count). The summed E-state index contributed by atoms with van der Waals surface area (Å²) in [5, 5.41) is 3.69. The topological polar surface area (TPSA) is 84.3 Å². The zero-order valence-corrected chi connectivity index (χ0v) is 16.7. The fraction of sp³-hybridized carbons (Fsp3) is 0.238. The van der Waals surface area contributed by atoms with E-state index >= 15 is 0 Å². The molecule has 2 aromatic carbocycles. The number of H-pyrrole nitrogens is 1. The molecule has 4 aromatic rings. The molecule has 0 aliphatic rings. The van der Waals surface area contributed by atoms with Crippen molar-refractivity contribution in [1.82, 2.24) is 10.3 Å². The van der Waals surface area contributed by atoms with Crippen LogP contribution in [0.15, 0.2) is 39.5 Å². The van der Waals surface area contributed by atoms with Gasteiger partial charge >= 0.3 is 4.94 Å². The van der Waals surface area contributed by atoms with Crippen molar-refractivity contribution in [3.8, 4) is 5.75 Å². The Balaban J connectivity index is 1.35. The smallest absolute Gasteiger partial charge is 0.396 e. The van der Waals surface area contributed by atoms with Crippen molar-refractivity contribution in [3.05, 3.63) is 62.7 Å². The van der Waals surface area contributed by atoms with E-state index in [0.717, 1.165) is 38.2 Å². The summed E-state index contributed by atoms with van der Waals surface area (Å²) in [4.78, 5) is 26.1. The molecule has 0 aliphatic heterocycles. The van der Waals surface area contributed by atoms with Crippen LogP contribution in [0, 0.1) is 19.7 Å². The number of aromatic nitrogens is 1. The maximum atomic E-state index is 14.0. The second-order valence-corrected chi connectivity index (χ2v) is 7.77. The number of carbonyl (C=O) groups excluding carboxylic acids is 1. The summed E-state index contributed by atoms with van der Waals surface area (Å²) in [6.07, 6.45) is 0.577. The molecule has 0 saturated heterocycles. The minimum absolute atomic E-state index is 0.152. The van der Waals surface area contributed by atoms with Gasteiger partial charge in [0.25, 0.3) is 5.91 Å². The lowest BCUT2D eigenvalue weighted by Gasteiger charge is -2.08. The molecule has 29 heavy (non-hydrogen) atoms. The maximum Gasteiger partial charge on any atom is 0.396 e. The summed E-state index contributed by atoms with van der Waals surface area (Å²) < 4.78 is 25.3. The molecule has 6 nitrogen and oxygen atoms in total. The molecule has 2 aromatic heterocycles. The third kappa shape index (κ3) is 3.88. The van der Waals surface area contributed by atoms with Crippen LogP contribution in [0.25, 0.3) is 21.2 Å². The molecule has 0 bridgehead atoms. The minimum atomic E-state index is -0.377. The van der Waals surface area contributed by atoms with Crippen LogP contribution in [0.1, 0.15) is 16.8 Å². The Hall–Kier alpha value is -3.13. The van der Waals surface area contributed by atoms with Crippen molar-refractivity contribution >= 4 is 38.4 Å². The zero-order chi connectivity index (χ0) is 20.5. The Morgan fingerprint density at radius 2 is 2.10 bits per heavy atom. The van der Waals surface area contributed by atoms with Gasteiger partial charge in [-0.3, -0.25) is 4.79 Å². The highest BCUT2D eigenvalue weighted by atomic mass is 32.1. The van der Waals surface area contributed by atoms with Crippen molar-refractivity contribution in [1.29, 1.82) is 0 Å². The number of nitrogens with one attached hydrogen (secondary N) is 2. The summed E-state index contributed by atoms with van der Waals surface area (Å²) >= 11 is 1.02. The van der Waals surface area contributed by atoms with Crippen molar-refractivity contribution < 1.29 is 18.3 Å². The second-order valence-electron chi connectivity index (χ2n) is 6.79. The number of carbonyl (C=O) groups is 1. The average Bonchev–Trinajstić information content (AvgIpc) is 3.22. The van der Waals surface area contributed by atoms with E-state index in [0.29, 0.717) is 29.8 Å². The highest BCUT2D eigenvalue weighted by Gasteiger charge is 2.14. The summed E-state index contributed by atoms with van der Waals surface area (Å²) in [7, 11) is 0. The van der Waals surface area contributed by atoms with Crippen LogP contribution in [-0.4, -0.2) is 24.0 Å². The van der Waals surface area contributed by atoms with E-state index in [9.17, 15) is 14.0 Å². The molecule has 0 radical (unpaired) electrons. The molecule has 2 N–H and O–H groups in total. The van der Waals surface area contributed by atoms with Crippen LogP contribution in [0.5, 0.6) is 5.75 Å². The Morgan fingerprint density at radius 1 is 1.28 bits per heavy atom. The standard InChI is InChI=1S/C21H19FN2O4S/c1-11-3-5-15(22)20-19(11)14(12(2)24-20)7-8-23-18(25)10-27-13-4-6-17-16(9-13)28-21(26)29-17/h3-6,9,24H,7-8,10H2,1-2H3,(H,23,25). The number of benzene rings is 2. The number of fused-ring (bicyclic) bond motifs is 2. The van der Waals surface area contributed by atoms with Crippen LogP contribution in [0.2, 0.25) is 0 Å². The molecule has 0 atom stereocenters. The lowest BCUT2D eigenvalue weighted by atomic mass is 10.0. The van der Waals surface area contributed by atoms with Gasteiger partial charge in [-0.25, -0.2) is 9.18 Å². The largest absolute Gasteiger partial charge is 0.484 e. The number of hydrogen-bond acceptors (Lipinski definition) is 5. The monoisotopic (exact) mass is 414 g/mol. The van der Waals surface area contributed by atoms with Crippen LogP contribution in [-0.2, 0) is 11.2 Å². The molecule has 0 spiro atoms. The Bertz CT molecular complexity index is 1270. The number of hydrogen-bond donors (Lipinski definition) is 2. The van der Waals surface area contributed by atoms with Crippen molar-refractivity contribution in [3.63, 3.8) is 0 Å². The first-order valence-electron chi connectivity index (χ1n) is 9.12. The van der Waals surface area contributed by atoms with Gasteiger partial charge in [-0.1, -0.05) is 17.4 Å². The quantitative estimate of drug-likeness (QED) is 0.502. The van der Waals surface area contributed by atoms with Gasteiger partial charge in [0.2, 0.25) is 0 Å². The van der Waals surface area contributed by atoms with Crippen LogP contribution in [0.3, 0.4) is 0 Å². The fourth-order valence-corrected chi connectivity index (χ4v) is 4.07. The number of amides is 1. The first-order valence-corrected chi connectivity index (χ1v) is 9.93. The van der Waals surface area contributed by atoms with E-state index in [1.807, 2.05) is 13.8 Å². The number of aromatic amines is 1. The van der Waals surface area contributed by atoms with Gasteiger partial charge in [-0.05, 0) is 49.6 Å². The average molecular weight is 414 g/mol. The molecule has 8 heteroatoms. The number of aryl methyl sites for hydroxylation is 2. The van der Waals surface area contributed by atoms with E-state index in [1.165, 1.54) is 6.07 Å². The molecule has 2 heterocycles. The summed E-state index contributed by atoms with van der Waals surface area (Å²) in [6.45, 7) is 4.10. The van der Waals surface area contributed by atoms with Gasteiger partial charge in [0.05, 0.1) is 10.2 Å². The predicted molar refractivity (Wildman–Crippen MR) is 110 cm³/mol. The maximum absolute atomic E-state index is 14.0. The van der Waals surface area contributed by atoms with Crippen molar-refractivity contribution in [2.75, 3.05) is 13.2 Å². The Morgan fingerprint density at radius 3 is 2.93 bits per heavy atom. The van der Waals surface area contributed by atoms with E-state index in [4.69, 9.17) is 9.15 Å². The SMILES string of the molecule is Cc1[nH]c2c(F)ccc(C)c2c1CCNC(=O)COc1ccc2sc(=O)oc2c1. The first-order chi connectivity index (χ1) is 13.9. The van der Waals surface area contributed by atoms with E-state index in [1.54, 1.807) is 24.3 Å². The third-order valence-corrected chi connectivity index (χ3v) is 5.61. The first kappa shape index (κ1) is 19.2. The third-order valence-electron chi connectivity index (χ3n) is 4.80. The molecule has 1 amide bonds. The number of halogens is 1. The van der Waals surface area contributed by atoms with Gasteiger partial charge in [0.1, 0.15) is 11.6 Å². The summed E-state index contributed by atoms with van der Waals surface area (Å²) in [5.74, 6) is -0.0964. The van der Waals surface area contributed by atoms with Crippen LogP contribution in [0.4, 0.5) is 4.39 Å². The summed E-state index contributed by atoms with van der Waals surface area (Å²) in [6, 6.07) is 8.21. The normalized spacial score (nSPS) is 11.3. The molecule has 150 valence electrons. The Labute approximate surface area is 169 Å². The fourth-order valence-electron chi connectivity index (χ4n) is 3.42. The highest BCUT2D eigenvalue weighted by Crippen LogP contribution is 2.28. The minimum Gasteiger partial charge on any atom is -0.484 e. The summed E-state index contributed by atoms with van der Waals surface area (Å²) in [5.41, 5.74) is 3.82. The lowest BCUT2D eigenvalue weighted by Crippen LogP contribution is -2.30. The molecule has 0 fully saturated rings. The predicted octanol–water partition coefficient (Wildman–Crippen LogP) is 3.83. The highest BCUT2D eigenvalue weighted by molar-refractivity contribution is 7.16. The van der Waals surface area contributed by atoms with E-state index < -0.39 is 0 Å². The molecular weight excluding hydrogens is 395 g/mol. The van der Waals surface area contributed by atoms with E-state index in [2.05, 4.69) is 10.3 Å². The van der Waals surface area contributed by atoms with Gasteiger partial charge < -0.3 is 19.5 Å². The van der Waals surface area contributed by atoms with Gasteiger partial charge in [0, 0.05) is 23.7 Å². The number of ether oxygens (including phenoxy) is 1. The zero-order valence-electron chi connectivity index (χ0n) is 15.9. The lowest BCUT2D eigenvalue weighted by molar-refractivity contribution is -0.123. The van der Waals surface area contributed by atoms with Crippen molar-refractivity contribution in [2.24, 2.45) is 0 Å². The van der Waals surface area contributed by atoms with E-state index in [-0.39, 0.29) is 23.3 Å². The van der Waals surface area contributed by atoms with Crippen molar-refractivity contribution in [2.45, 2.75) is 20.3 Å². The van der Waals surface area contributed by atoms with Gasteiger partial charge in [-0.15, -0.1) is 0 Å². The van der Waals surface area contributed by atoms with Crippen LogP contribution < -0.4 is 15.0 Å². The second kappa shape index (κ2) is 7.71. The Kier molecular flexibility index (Phi) is 5.10. The molecule has 0 saturated carbocycles. The molecule has 0 aliphatic carbocycles. The van der Waals surface area contributed by atoms with Gasteiger partial charge in [0.15, 0.2) is 12.2 Å².